The zero-order chi connectivity index (χ0) is 18.4. The van der Waals surface area contributed by atoms with Crippen molar-refractivity contribution in [2.75, 3.05) is 12.5 Å². The van der Waals surface area contributed by atoms with Crippen molar-refractivity contribution in [3.05, 3.63) is 45.4 Å². The summed E-state index contributed by atoms with van der Waals surface area (Å²) in [5.41, 5.74) is 2.79. The second kappa shape index (κ2) is 6.60. The van der Waals surface area contributed by atoms with Gasteiger partial charge in [0.1, 0.15) is 0 Å². The van der Waals surface area contributed by atoms with Crippen molar-refractivity contribution < 1.29 is 14.3 Å². The third-order valence-electron chi connectivity index (χ3n) is 5.22. The second-order valence-electron chi connectivity index (χ2n) is 6.98. The minimum absolute atomic E-state index is 0.0473. The van der Waals surface area contributed by atoms with E-state index in [0.717, 1.165) is 47.0 Å². The van der Waals surface area contributed by atoms with E-state index in [0.29, 0.717) is 18.0 Å². The standard InChI is InChI=1S/C19H19N3O4S/c23-17(20-8-11-4-5-15-16(6-11)26-10-25-15)7-12-9-27-19-21-14-3-1-2-13(14)18(24)22(12)19/h4-6,12H,1-3,7-10H2,(H,20,23). The third kappa shape index (κ3) is 2.97. The molecule has 0 bridgehead atoms. The van der Waals surface area contributed by atoms with Crippen molar-refractivity contribution in [2.24, 2.45) is 0 Å². The summed E-state index contributed by atoms with van der Waals surface area (Å²) in [4.78, 5) is 29.9. The highest BCUT2D eigenvalue weighted by Crippen LogP contribution is 2.34. The van der Waals surface area contributed by atoms with Crippen LogP contribution in [0.15, 0.2) is 28.2 Å². The maximum atomic E-state index is 12.8. The average Bonchev–Trinajstić information content (AvgIpc) is 3.39. The summed E-state index contributed by atoms with van der Waals surface area (Å²) in [7, 11) is 0. The molecule has 1 amide bonds. The van der Waals surface area contributed by atoms with Crippen LogP contribution < -0.4 is 20.3 Å². The number of rotatable bonds is 4. The van der Waals surface area contributed by atoms with Gasteiger partial charge in [-0.15, -0.1) is 0 Å². The Labute approximate surface area is 160 Å². The first kappa shape index (κ1) is 16.7. The highest BCUT2D eigenvalue weighted by Gasteiger charge is 2.31. The van der Waals surface area contributed by atoms with Gasteiger partial charge in [0.05, 0.1) is 11.7 Å². The minimum Gasteiger partial charge on any atom is -0.454 e. The third-order valence-corrected chi connectivity index (χ3v) is 6.32. The molecule has 3 heterocycles. The Morgan fingerprint density at radius 1 is 1.30 bits per heavy atom. The van der Waals surface area contributed by atoms with E-state index in [1.165, 1.54) is 0 Å². The zero-order valence-corrected chi connectivity index (χ0v) is 15.5. The van der Waals surface area contributed by atoms with Gasteiger partial charge in [0.25, 0.3) is 5.56 Å². The number of benzene rings is 1. The van der Waals surface area contributed by atoms with Crippen LogP contribution in [-0.4, -0.2) is 28.0 Å². The summed E-state index contributed by atoms with van der Waals surface area (Å²) in [6.07, 6.45) is 2.96. The largest absolute Gasteiger partial charge is 0.454 e. The normalized spacial score (nSPS) is 19.0. The SMILES string of the molecule is O=C(CC1CSc2nc3c(c(=O)n21)CCC3)NCc1ccc2c(c1)OCO2. The molecule has 0 fully saturated rings. The molecule has 1 aromatic carbocycles. The molecule has 5 rings (SSSR count). The van der Waals surface area contributed by atoms with E-state index in [1.54, 1.807) is 16.3 Å². The molecule has 1 unspecified atom stereocenters. The topological polar surface area (TPSA) is 82.5 Å². The number of fused-ring (bicyclic) bond motifs is 3. The van der Waals surface area contributed by atoms with Crippen LogP contribution in [0.1, 0.15) is 35.7 Å². The number of ether oxygens (including phenoxy) is 2. The molecule has 140 valence electrons. The molecule has 1 N–H and O–H groups in total. The molecule has 0 spiro atoms. The van der Waals surface area contributed by atoms with E-state index >= 15 is 0 Å². The predicted molar refractivity (Wildman–Crippen MR) is 99.3 cm³/mol. The number of aromatic nitrogens is 2. The summed E-state index contributed by atoms with van der Waals surface area (Å²) in [6.45, 7) is 0.649. The highest BCUT2D eigenvalue weighted by atomic mass is 32.2. The van der Waals surface area contributed by atoms with Crippen molar-refractivity contribution >= 4 is 17.7 Å². The van der Waals surface area contributed by atoms with Gasteiger partial charge in [0.15, 0.2) is 16.7 Å². The van der Waals surface area contributed by atoms with E-state index in [9.17, 15) is 9.59 Å². The predicted octanol–water partition coefficient (Wildman–Crippen LogP) is 1.81. The van der Waals surface area contributed by atoms with Gasteiger partial charge >= 0.3 is 0 Å². The Hall–Kier alpha value is -2.48. The fraction of sp³-hybridized carbons (Fsp3) is 0.421. The van der Waals surface area contributed by atoms with Crippen LogP contribution in [0.5, 0.6) is 11.5 Å². The molecule has 27 heavy (non-hydrogen) atoms. The Balaban J connectivity index is 1.26. The van der Waals surface area contributed by atoms with Gasteiger partial charge in [-0.05, 0) is 37.0 Å². The molecular weight excluding hydrogens is 366 g/mol. The van der Waals surface area contributed by atoms with Crippen molar-refractivity contribution in [3.63, 3.8) is 0 Å². The number of hydrogen-bond acceptors (Lipinski definition) is 6. The molecule has 2 aromatic rings. The summed E-state index contributed by atoms with van der Waals surface area (Å²) in [5, 5.41) is 3.70. The van der Waals surface area contributed by atoms with Gasteiger partial charge in [-0.2, -0.15) is 0 Å². The Bertz CT molecular complexity index is 988. The number of thioether (sulfide) groups is 1. The van der Waals surface area contributed by atoms with Crippen LogP contribution in [0.4, 0.5) is 0 Å². The summed E-state index contributed by atoms with van der Waals surface area (Å²) in [5.74, 6) is 2.07. The number of amides is 1. The first-order chi connectivity index (χ1) is 13.2. The molecule has 0 radical (unpaired) electrons. The molecular formula is C19H19N3O4S. The number of carbonyl (C=O) groups is 1. The summed E-state index contributed by atoms with van der Waals surface area (Å²) in [6, 6.07) is 5.50. The van der Waals surface area contributed by atoms with Gasteiger partial charge in [-0.1, -0.05) is 17.8 Å². The summed E-state index contributed by atoms with van der Waals surface area (Å²) >= 11 is 1.57. The smallest absolute Gasteiger partial charge is 0.257 e. The van der Waals surface area contributed by atoms with Gasteiger partial charge in [-0.3, -0.25) is 14.2 Å². The maximum Gasteiger partial charge on any atom is 0.257 e. The Morgan fingerprint density at radius 3 is 3.11 bits per heavy atom. The van der Waals surface area contributed by atoms with E-state index < -0.39 is 0 Å². The lowest BCUT2D eigenvalue weighted by Gasteiger charge is -2.14. The number of nitrogens with zero attached hydrogens (tertiary/aromatic N) is 2. The van der Waals surface area contributed by atoms with Crippen LogP contribution in [0.3, 0.4) is 0 Å². The van der Waals surface area contributed by atoms with Crippen LogP contribution in [0.2, 0.25) is 0 Å². The van der Waals surface area contributed by atoms with Gasteiger partial charge in [0.2, 0.25) is 12.7 Å². The summed E-state index contributed by atoms with van der Waals surface area (Å²) < 4.78 is 12.4. The molecule has 0 saturated heterocycles. The lowest BCUT2D eigenvalue weighted by Crippen LogP contribution is -2.32. The lowest BCUT2D eigenvalue weighted by molar-refractivity contribution is -0.121. The number of nitrogens with one attached hydrogen (secondary N) is 1. The van der Waals surface area contributed by atoms with Crippen LogP contribution in [-0.2, 0) is 24.2 Å². The molecule has 1 atom stereocenters. The maximum absolute atomic E-state index is 12.8. The average molecular weight is 385 g/mol. The van der Waals surface area contributed by atoms with Crippen LogP contribution >= 0.6 is 11.8 Å². The highest BCUT2D eigenvalue weighted by molar-refractivity contribution is 7.99. The van der Waals surface area contributed by atoms with Crippen molar-refractivity contribution in [2.45, 2.75) is 43.4 Å². The van der Waals surface area contributed by atoms with Crippen molar-refractivity contribution in [1.82, 2.24) is 14.9 Å². The molecule has 0 saturated carbocycles. The molecule has 3 aliphatic rings. The zero-order valence-electron chi connectivity index (χ0n) is 14.7. The van der Waals surface area contributed by atoms with E-state index in [2.05, 4.69) is 10.3 Å². The van der Waals surface area contributed by atoms with Crippen molar-refractivity contribution in [1.29, 1.82) is 0 Å². The first-order valence-corrected chi connectivity index (χ1v) is 10.1. The van der Waals surface area contributed by atoms with Crippen LogP contribution in [0.25, 0.3) is 0 Å². The molecule has 1 aliphatic carbocycles. The number of aryl methyl sites for hydroxylation is 1. The second-order valence-corrected chi connectivity index (χ2v) is 7.97. The van der Waals surface area contributed by atoms with Crippen molar-refractivity contribution in [3.8, 4) is 11.5 Å². The molecule has 2 aliphatic heterocycles. The fourth-order valence-corrected chi connectivity index (χ4v) is 4.99. The molecule has 1 aromatic heterocycles. The first-order valence-electron chi connectivity index (χ1n) is 9.11. The lowest BCUT2D eigenvalue weighted by atomic mass is 10.1. The molecule has 8 heteroatoms. The van der Waals surface area contributed by atoms with Gasteiger partial charge in [-0.25, -0.2) is 4.98 Å². The monoisotopic (exact) mass is 385 g/mol. The Kier molecular flexibility index (Phi) is 4.07. The fourth-order valence-electron chi connectivity index (χ4n) is 3.84. The number of carbonyl (C=O) groups excluding carboxylic acids is 1. The van der Waals surface area contributed by atoms with E-state index in [4.69, 9.17) is 9.47 Å². The van der Waals surface area contributed by atoms with Gasteiger partial charge < -0.3 is 14.8 Å². The van der Waals surface area contributed by atoms with E-state index in [-0.39, 0.29) is 30.7 Å². The van der Waals surface area contributed by atoms with Gasteiger partial charge in [0, 0.05) is 24.3 Å². The number of hydrogen-bond donors (Lipinski definition) is 1. The minimum atomic E-state index is -0.132. The molecule has 7 nitrogen and oxygen atoms in total. The van der Waals surface area contributed by atoms with Crippen LogP contribution in [0, 0.1) is 0 Å². The quantitative estimate of drug-likeness (QED) is 0.809. The Morgan fingerprint density at radius 2 is 2.19 bits per heavy atom. The van der Waals surface area contributed by atoms with E-state index in [1.807, 2.05) is 18.2 Å².